The van der Waals surface area contributed by atoms with E-state index in [2.05, 4.69) is 46.0 Å². The van der Waals surface area contributed by atoms with Crippen molar-refractivity contribution in [2.75, 3.05) is 138 Å². The molecule has 2 amide bonds. The van der Waals surface area contributed by atoms with E-state index in [0.717, 1.165) is 68.8 Å². The highest BCUT2D eigenvalue weighted by Gasteiger charge is 2.39. The van der Waals surface area contributed by atoms with E-state index in [-0.39, 0.29) is 22.9 Å². The van der Waals surface area contributed by atoms with Gasteiger partial charge in [-0.05, 0) is 75.1 Å². The largest absolute Gasteiger partial charge is 0.427 e. The Kier molecular flexibility index (Phi) is 20.8. The van der Waals surface area contributed by atoms with Crippen LogP contribution in [-0.4, -0.2) is 172 Å². The van der Waals surface area contributed by atoms with Gasteiger partial charge in [-0.25, -0.2) is 15.0 Å². The number of ether oxygens (including phenoxy) is 5. The summed E-state index contributed by atoms with van der Waals surface area (Å²) in [7, 11) is 0. The molecule has 1 unspecified atom stereocenters. The monoisotopic (exact) mass is 1050 g/mol. The number of aryl methyl sites for hydroxylation is 1. The number of aliphatic hydroxyl groups is 1. The molecule has 0 radical (unpaired) electrons. The molecule has 20 nitrogen and oxygen atoms in total. The number of fused-ring (bicyclic) bond motifs is 1. The van der Waals surface area contributed by atoms with E-state index in [1.807, 2.05) is 30.2 Å². The lowest BCUT2D eigenvalue weighted by molar-refractivity contribution is -0.134. The normalized spacial score (nSPS) is 16.4. The predicted molar refractivity (Wildman–Crippen MR) is 274 cm³/mol. The number of hydrogen-bond donors (Lipinski definition) is 5. The number of Topliss-reactive ketones (excluding diaryl/α,β-unsaturated/α-hetero) is 1. The minimum Gasteiger partial charge on any atom is -0.383 e. The first-order valence-electron chi connectivity index (χ1n) is 24.9. The number of thiazole rings is 1. The fourth-order valence-electron chi connectivity index (χ4n) is 8.84. The minimum absolute atomic E-state index is 0.0524. The third-order valence-corrected chi connectivity index (χ3v) is 13.6. The van der Waals surface area contributed by atoms with Crippen molar-refractivity contribution in [1.29, 1.82) is 0 Å². The first-order chi connectivity index (χ1) is 35.7. The van der Waals surface area contributed by atoms with Crippen LogP contribution in [0.15, 0.2) is 54.5 Å². The van der Waals surface area contributed by atoms with E-state index in [0.29, 0.717) is 143 Å². The lowest BCUT2D eigenvalue weighted by Crippen LogP contribution is -2.49. The van der Waals surface area contributed by atoms with Crippen molar-refractivity contribution in [3.8, 4) is 0 Å². The Balaban J connectivity index is 0.652. The number of aromatic nitrogens is 4. The second-order valence-electron chi connectivity index (χ2n) is 17.9. The molecule has 1 saturated heterocycles. The summed E-state index contributed by atoms with van der Waals surface area (Å²) in [6.45, 7) is 13.3. The lowest BCUT2D eigenvalue weighted by Gasteiger charge is -2.40. The van der Waals surface area contributed by atoms with Crippen molar-refractivity contribution in [1.82, 2.24) is 30.2 Å². The maximum absolute atomic E-state index is 12.8. The second-order valence-corrected chi connectivity index (χ2v) is 18.9. The van der Waals surface area contributed by atoms with Gasteiger partial charge >= 0.3 is 6.18 Å². The van der Waals surface area contributed by atoms with E-state index in [9.17, 15) is 32.7 Å². The third kappa shape index (κ3) is 16.1. The van der Waals surface area contributed by atoms with E-state index < -0.39 is 23.2 Å². The van der Waals surface area contributed by atoms with Crippen LogP contribution in [0.3, 0.4) is 0 Å². The zero-order valence-corrected chi connectivity index (χ0v) is 42.8. The number of nitrogens with one attached hydrogen (secondary N) is 4. The van der Waals surface area contributed by atoms with Crippen LogP contribution in [0.4, 0.5) is 47.3 Å². The molecule has 5 N–H and O–H groups in total. The minimum atomic E-state index is -4.51. The molecule has 1 aromatic carbocycles. The van der Waals surface area contributed by atoms with Crippen molar-refractivity contribution in [3.05, 3.63) is 76.1 Å². The number of pyridine rings is 1. The van der Waals surface area contributed by atoms with Crippen LogP contribution < -0.4 is 31.1 Å². The molecule has 1 saturated carbocycles. The molecule has 74 heavy (non-hydrogen) atoms. The van der Waals surface area contributed by atoms with Gasteiger partial charge in [-0.2, -0.15) is 18.2 Å². The second kappa shape index (κ2) is 27.6. The van der Waals surface area contributed by atoms with Crippen molar-refractivity contribution in [2.45, 2.75) is 64.9 Å². The zero-order chi connectivity index (χ0) is 52.5. The number of rotatable bonds is 28. The molecule has 24 heteroatoms. The van der Waals surface area contributed by atoms with Crippen molar-refractivity contribution >= 4 is 68.6 Å². The van der Waals surface area contributed by atoms with Crippen LogP contribution in [-0.2, 0) is 39.4 Å². The molecule has 402 valence electrons. The molecule has 1 atom stereocenters. The number of hydrogen-bond acceptors (Lipinski definition) is 19. The van der Waals surface area contributed by atoms with Crippen molar-refractivity contribution in [2.24, 2.45) is 0 Å². The maximum Gasteiger partial charge on any atom is 0.427 e. The Hall–Kier alpha value is -5.86. The van der Waals surface area contributed by atoms with Gasteiger partial charge in [-0.3, -0.25) is 24.6 Å². The van der Waals surface area contributed by atoms with E-state index in [4.69, 9.17) is 28.7 Å². The first-order valence-corrected chi connectivity index (χ1v) is 25.7. The van der Waals surface area contributed by atoms with E-state index >= 15 is 0 Å². The molecule has 5 heterocycles. The number of nitrogens with zero attached hydrogens (tertiary/aromatic N) is 7. The van der Waals surface area contributed by atoms with Gasteiger partial charge in [0.25, 0.3) is 5.91 Å². The van der Waals surface area contributed by atoms with Gasteiger partial charge in [0.05, 0.1) is 90.7 Å². The van der Waals surface area contributed by atoms with Crippen LogP contribution in [0.25, 0.3) is 5.57 Å². The van der Waals surface area contributed by atoms with Crippen LogP contribution in [0.1, 0.15) is 65.9 Å². The highest BCUT2D eigenvalue weighted by atomic mass is 32.1. The van der Waals surface area contributed by atoms with Gasteiger partial charge in [0.1, 0.15) is 16.5 Å². The molecule has 2 fully saturated rings. The fraction of sp³-hybridized carbons (Fsp3) is 0.540. The van der Waals surface area contributed by atoms with Crippen molar-refractivity contribution in [3.63, 3.8) is 0 Å². The molecule has 0 bridgehead atoms. The standard InChI is InChI=1S/C50H66F3N11O9S/c1-33-28-36(8-10-39(33)46(67)61-49-58-31-41(74-49)50(51,52)53)54-12-18-69-20-22-71-24-26-73-27-25-72-23-21-70-19-13-55-43(66)32-62-14-16-63(17-15-62)38-9-11-42(56-29-38)59-48-57-30-40-34(2)44(35(3)65)47(68)64(45(40)60-48)37-6-4-5-7-37/h8-11,28-31,37,47,54,68H,4-7,12-27,32H2,1-3H3,(H,55,66)(H,58,61,67)(H,56,57,59,60). The molecular weight excluding hydrogens is 988 g/mol. The lowest BCUT2D eigenvalue weighted by atomic mass is 9.93. The van der Waals surface area contributed by atoms with Gasteiger partial charge in [0.2, 0.25) is 11.9 Å². The Bertz CT molecular complexity index is 2510. The number of allylic oxidation sites excluding steroid dienone is 1. The van der Waals surface area contributed by atoms with Crippen LogP contribution in [0.5, 0.6) is 0 Å². The van der Waals surface area contributed by atoms with Gasteiger partial charge in [-0.1, -0.05) is 24.2 Å². The van der Waals surface area contributed by atoms with Gasteiger partial charge < -0.3 is 54.5 Å². The topological polar surface area (TPSA) is 227 Å². The summed E-state index contributed by atoms with van der Waals surface area (Å²) in [6.07, 6.45) is 2.63. The third-order valence-electron chi connectivity index (χ3n) is 12.6. The Morgan fingerprint density at radius 1 is 0.797 bits per heavy atom. The molecule has 2 aliphatic heterocycles. The number of carbonyl (C=O) groups is 3. The number of benzene rings is 1. The molecule has 0 spiro atoms. The van der Waals surface area contributed by atoms with Crippen LogP contribution in [0, 0.1) is 6.92 Å². The van der Waals surface area contributed by atoms with Crippen molar-refractivity contribution < 1.29 is 56.3 Å². The summed E-state index contributed by atoms with van der Waals surface area (Å²) >= 11 is 0.372. The molecule has 1 aliphatic carbocycles. The molecule has 7 rings (SSSR count). The number of aliphatic hydroxyl groups excluding tert-OH is 1. The number of alkyl halides is 3. The Morgan fingerprint density at radius 3 is 2.04 bits per heavy atom. The van der Waals surface area contributed by atoms with E-state index in [1.54, 1.807) is 31.3 Å². The van der Waals surface area contributed by atoms with Gasteiger partial charge in [-0.15, -0.1) is 0 Å². The predicted octanol–water partition coefficient (Wildman–Crippen LogP) is 5.53. The molecule has 4 aromatic rings. The molecular formula is C50H66F3N11O9S. The average Bonchev–Trinajstić information content (AvgIpc) is 4.09. The van der Waals surface area contributed by atoms with Crippen LogP contribution >= 0.6 is 11.3 Å². The summed E-state index contributed by atoms with van der Waals surface area (Å²) in [4.78, 5) is 60.7. The summed E-state index contributed by atoms with van der Waals surface area (Å²) in [5, 5.41) is 23.0. The first kappa shape index (κ1) is 55.9. The maximum atomic E-state index is 12.8. The number of anilines is 6. The number of amides is 2. The smallest absolute Gasteiger partial charge is 0.383 e. The number of piperazine rings is 1. The average molecular weight is 1050 g/mol. The van der Waals surface area contributed by atoms with Crippen LogP contribution in [0.2, 0.25) is 0 Å². The Morgan fingerprint density at radius 2 is 1.45 bits per heavy atom. The van der Waals surface area contributed by atoms with E-state index in [1.165, 1.54) is 6.92 Å². The Labute approximate surface area is 432 Å². The highest BCUT2D eigenvalue weighted by molar-refractivity contribution is 7.15. The summed E-state index contributed by atoms with van der Waals surface area (Å²) in [6, 6.07) is 9.05. The SMILES string of the molecule is CC(=O)C1=C(C)c2cnc(Nc3ccc(N4CCN(CC(=O)NCCOCCOCCOCCOCCOCCNc5ccc(C(=O)Nc6ncc(C(F)(F)F)s6)c(C)c5)CC4)cn3)nc2N(C2CCCC2)C1O. The summed E-state index contributed by atoms with van der Waals surface area (Å²) in [5.41, 5.74) is 4.56. The number of ketones is 1. The zero-order valence-electron chi connectivity index (χ0n) is 42.0. The fourth-order valence-corrected chi connectivity index (χ4v) is 9.52. The summed E-state index contributed by atoms with van der Waals surface area (Å²) < 4.78 is 66.3. The number of halogens is 3. The number of carbonyl (C=O) groups excluding carboxylic acids is 3. The highest BCUT2D eigenvalue weighted by Crippen LogP contribution is 2.41. The van der Waals surface area contributed by atoms with Gasteiger partial charge in [0, 0.05) is 73.9 Å². The summed E-state index contributed by atoms with van der Waals surface area (Å²) in [5.74, 6) is 0.806. The van der Waals surface area contributed by atoms with Gasteiger partial charge in [0.15, 0.2) is 17.1 Å². The molecule has 3 aliphatic rings. The molecule has 3 aromatic heterocycles. The quantitative estimate of drug-likeness (QED) is 0.0441.